The van der Waals surface area contributed by atoms with E-state index in [0.29, 0.717) is 0 Å². The molecule has 0 radical (unpaired) electrons. The average Bonchev–Trinajstić information content (AvgIpc) is 2.25. The zero-order chi connectivity index (χ0) is 11.1. The molecule has 0 aliphatic carbocycles. The molecule has 78 valence electrons. The number of benzene rings is 1. The van der Waals surface area contributed by atoms with Crippen LogP contribution < -0.4 is 0 Å². The number of nitrogens with zero attached hydrogens (tertiary/aromatic N) is 2. The van der Waals surface area contributed by atoms with Crippen LogP contribution in [0.1, 0.15) is 5.56 Å². The highest BCUT2D eigenvalue weighted by molar-refractivity contribution is 5.71. The Bertz CT molecular complexity index is 375. The minimum Gasteiger partial charge on any atom is -0.462 e. The van der Waals surface area contributed by atoms with Gasteiger partial charge in [-0.3, -0.25) is 0 Å². The van der Waals surface area contributed by atoms with Crippen molar-refractivity contribution < 1.29 is 19.4 Å². The van der Waals surface area contributed by atoms with Gasteiger partial charge in [-0.1, -0.05) is 40.6 Å². The molecule has 0 bridgehead atoms. The molecule has 0 aromatic heterocycles. The predicted molar refractivity (Wildman–Crippen MR) is 49.5 cm³/mol. The number of carboxylic acid groups (broad SMARTS) is 1. The second kappa shape index (κ2) is 5.48. The molecule has 2 amide bonds. The molecule has 6 nitrogen and oxygen atoms in total. The summed E-state index contributed by atoms with van der Waals surface area (Å²) in [5, 5.41) is 13.5. The van der Waals surface area contributed by atoms with Gasteiger partial charge in [0.25, 0.3) is 0 Å². The lowest BCUT2D eigenvalue weighted by Crippen LogP contribution is -1.99. The van der Waals surface area contributed by atoms with Gasteiger partial charge in [-0.15, -0.1) is 0 Å². The van der Waals surface area contributed by atoms with Crippen LogP contribution in [0.15, 0.2) is 40.6 Å². The van der Waals surface area contributed by atoms with Crippen molar-refractivity contribution in [1.82, 2.24) is 0 Å². The van der Waals surface area contributed by atoms with Crippen LogP contribution in [-0.4, -0.2) is 17.3 Å². The Morgan fingerprint density at radius 3 is 2.47 bits per heavy atom. The van der Waals surface area contributed by atoms with Crippen LogP contribution in [0.25, 0.3) is 0 Å². The van der Waals surface area contributed by atoms with Crippen molar-refractivity contribution in [3.8, 4) is 0 Å². The Labute approximate surface area is 85.2 Å². The Morgan fingerprint density at radius 1 is 1.20 bits per heavy atom. The van der Waals surface area contributed by atoms with E-state index in [1.165, 1.54) is 0 Å². The molecule has 1 aromatic rings. The van der Waals surface area contributed by atoms with E-state index < -0.39 is 12.2 Å². The van der Waals surface area contributed by atoms with Gasteiger partial charge in [0.05, 0.1) is 0 Å². The van der Waals surface area contributed by atoms with Gasteiger partial charge in [0.15, 0.2) is 0 Å². The standard InChI is InChI=1S/C9H8N2O4/c12-8(13)10-11-9(14)15-6-7-4-2-1-3-5-7/h1-5H,6H2,(H,12,13). The highest BCUT2D eigenvalue weighted by atomic mass is 16.5. The average molecular weight is 208 g/mol. The van der Waals surface area contributed by atoms with E-state index in [1.807, 2.05) is 6.07 Å². The van der Waals surface area contributed by atoms with Gasteiger partial charge in [-0.2, -0.15) is 0 Å². The van der Waals surface area contributed by atoms with Gasteiger partial charge < -0.3 is 9.84 Å². The van der Waals surface area contributed by atoms with Crippen molar-refractivity contribution in [3.63, 3.8) is 0 Å². The first-order valence-electron chi connectivity index (χ1n) is 4.04. The number of carbonyl (C=O) groups is 2. The maximum Gasteiger partial charge on any atom is 0.452 e. The molecule has 0 saturated heterocycles. The van der Waals surface area contributed by atoms with E-state index >= 15 is 0 Å². The van der Waals surface area contributed by atoms with Crippen LogP contribution in [-0.2, 0) is 11.3 Å². The molecule has 1 rings (SSSR count). The van der Waals surface area contributed by atoms with Crippen LogP contribution in [0, 0.1) is 0 Å². The minimum atomic E-state index is -1.54. The fourth-order valence-electron chi connectivity index (χ4n) is 0.832. The van der Waals surface area contributed by atoms with E-state index in [-0.39, 0.29) is 6.61 Å². The molecule has 0 fully saturated rings. The molecule has 0 saturated carbocycles. The second-order valence-electron chi connectivity index (χ2n) is 2.52. The SMILES string of the molecule is O=C(O)N=NC(=O)OCc1ccccc1. The Hall–Kier alpha value is -2.24. The van der Waals surface area contributed by atoms with Crippen molar-refractivity contribution in [1.29, 1.82) is 0 Å². The third-order valence-electron chi connectivity index (χ3n) is 1.42. The fourth-order valence-corrected chi connectivity index (χ4v) is 0.832. The van der Waals surface area contributed by atoms with Crippen molar-refractivity contribution in [2.24, 2.45) is 10.2 Å². The van der Waals surface area contributed by atoms with Crippen molar-refractivity contribution in [3.05, 3.63) is 35.9 Å². The van der Waals surface area contributed by atoms with Crippen LogP contribution in [0.3, 0.4) is 0 Å². The van der Waals surface area contributed by atoms with Gasteiger partial charge in [-0.05, 0) is 5.56 Å². The van der Waals surface area contributed by atoms with Gasteiger partial charge >= 0.3 is 12.2 Å². The summed E-state index contributed by atoms with van der Waals surface area (Å²) < 4.78 is 4.62. The summed E-state index contributed by atoms with van der Waals surface area (Å²) in [4.78, 5) is 20.7. The van der Waals surface area contributed by atoms with Crippen LogP contribution in [0.2, 0.25) is 0 Å². The summed E-state index contributed by atoms with van der Waals surface area (Å²) in [6.45, 7) is 0.0400. The highest BCUT2D eigenvalue weighted by Gasteiger charge is 2.01. The van der Waals surface area contributed by atoms with E-state index in [0.717, 1.165) is 5.56 Å². The Morgan fingerprint density at radius 2 is 1.87 bits per heavy atom. The molecule has 0 aliphatic rings. The number of azo groups is 1. The number of hydrogen-bond donors (Lipinski definition) is 1. The summed E-state index contributed by atoms with van der Waals surface area (Å²) >= 11 is 0. The number of amides is 2. The summed E-state index contributed by atoms with van der Waals surface area (Å²) in [5.74, 6) is 0. The molecule has 0 spiro atoms. The lowest BCUT2D eigenvalue weighted by Gasteiger charge is -1.99. The largest absolute Gasteiger partial charge is 0.462 e. The lowest BCUT2D eigenvalue weighted by molar-refractivity contribution is 0.147. The number of rotatable bonds is 2. The molecule has 1 aromatic carbocycles. The monoisotopic (exact) mass is 208 g/mol. The first kappa shape index (κ1) is 10.8. The summed E-state index contributed by atoms with van der Waals surface area (Å²) in [6.07, 6.45) is -2.56. The van der Waals surface area contributed by atoms with Crippen LogP contribution in [0.4, 0.5) is 9.59 Å². The Kier molecular flexibility index (Phi) is 3.96. The van der Waals surface area contributed by atoms with Crippen molar-refractivity contribution in [2.45, 2.75) is 6.61 Å². The van der Waals surface area contributed by atoms with E-state index in [9.17, 15) is 9.59 Å². The molecular weight excluding hydrogens is 200 g/mol. The quantitative estimate of drug-likeness (QED) is 0.756. The zero-order valence-corrected chi connectivity index (χ0v) is 7.66. The fraction of sp³-hybridized carbons (Fsp3) is 0.111. The smallest absolute Gasteiger partial charge is 0.452 e. The molecule has 15 heavy (non-hydrogen) atoms. The molecule has 0 heterocycles. The first-order valence-corrected chi connectivity index (χ1v) is 4.04. The van der Waals surface area contributed by atoms with Crippen molar-refractivity contribution >= 4 is 12.2 Å². The third kappa shape index (κ3) is 4.51. The molecular formula is C9H8N2O4. The topological polar surface area (TPSA) is 88.3 Å². The van der Waals surface area contributed by atoms with Gasteiger partial charge in [0.2, 0.25) is 0 Å². The molecule has 0 atom stereocenters. The van der Waals surface area contributed by atoms with Crippen LogP contribution >= 0.6 is 0 Å². The van der Waals surface area contributed by atoms with E-state index in [4.69, 9.17) is 5.11 Å². The predicted octanol–water partition coefficient (Wildman–Crippen LogP) is 2.45. The first-order chi connectivity index (χ1) is 7.18. The minimum absolute atomic E-state index is 0.0400. The maximum atomic E-state index is 10.8. The normalized spacial score (nSPS) is 10.1. The molecule has 0 aliphatic heterocycles. The number of ether oxygens (including phenoxy) is 1. The third-order valence-corrected chi connectivity index (χ3v) is 1.42. The second-order valence-corrected chi connectivity index (χ2v) is 2.52. The van der Waals surface area contributed by atoms with Crippen LogP contribution in [0.5, 0.6) is 0 Å². The zero-order valence-electron chi connectivity index (χ0n) is 7.66. The molecule has 1 N–H and O–H groups in total. The number of carbonyl (C=O) groups excluding carboxylic acids is 1. The summed E-state index contributed by atoms with van der Waals surface area (Å²) in [6, 6.07) is 8.95. The van der Waals surface area contributed by atoms with E-state index in [2.05, 4.69) is 15.0 Å². The van der Waals surface area contributed by atoms with Gasteiger partial charge in [0.1, 0.15) is 6.61 Å². The summed E-state index contributed by atoms with van der Waals surface area (Å²) in [7, 11) is 0. The van der Waals surface area contributed by atoms with Gasteiger partial charge in [0, 0.05) is 0 Å². The maximum absolute atomic E-state index is 10.8. The number of hydrogen-bond acceptors (Lipinski definition) is 3. The molecule has 0 unspecified atom stereocenters. The summed E-state index contributed by atoms with van der Waals surface area (Å²) in [5.41, 5.74) is 0.788. The van der Waals surface area contributed by atoms with E-state index in [1.54, 1.807) is 24.3 Å². The molecule has 6 heteroatoms. The Balaban J connectivity index is 2.38. The highest BCUT2D eigenvalue weighted by Crippen LogP contribution is 2.01. The van der Waals surface area contributed by atoms with Gasteiger partial charge in [-0.25, -0.2) is 9.59 Å². The van der Waals surface area contributed by atoms with Crippen molar-refractivity contribution in [2.75, 3.05) is 0 Å². The lowest BCUT2D eigenvalue weighted by atomic mass is 10.2.